The van der Waals surface area contributed by atoms with Gasteiger partial charge in [0.05, 0.1) is 11.0 Å². The Morgan fingerprint density at radius 2 is 1.00 bits per heavy atom. The molecule has 9 rings (SSSR count). The third kappa shape index (κ3) is 5.95. The molecule has 2 heterocycles. The number of hydrogen-bond donors (Lipinski definition) is 0. The Hall–Kier alpha value is -6.65. The molecule has 0 aliphatic heterocycles. The monoisotopic (exact) mass is 668 g/mol. The van der Waals surface area contributed by atoms with E-state index in [1.54, 1.807) is 0 Å². The lowest BCUT2D eigenvalue weighted by atomic mass is 9.90. The molecule has 4 heteroatoms. The summed E-state index contributed by atoms with van der Waals surface area (Å²) in [5, 5.41) is 2.31. The zero-order chi connectivity index (χ0) is 34.9. The van der Waals surface area contributed by atoms with Gasteiger partial charge in [-0.25, -0.2) is 4.98 Å². The maximum Gasteiger partial charge on any atom is 0.238 e. The van der Waals surface area contributed by atoms with Crippen molar-refractivity contribution in [2.45, 2.75) is 19.8 Å². The predicted octanol–water partition coefficient (Wildman–Crippen LogP) is 11.7. The first-order chi connectivity index (χ1) is 25.7. The highest BCUT2D eigenvalue weighted by molar-refractivity contribution is 6.10. The molecular weight excluding hydrogens is 633 g/mol. The fourth-order valence-corrected chi connectivity index (χ4v) is 7.28. The average Bonchev–Trinajstić information content (AvgIpc) is 3.55. The van der Waals surface area contributed by atoms with Crippen molar-refractivity contribution in [2.24, 2.45) is 0 Å². The van der Waals surface area contributed by atoms with Crippen LogP contribution in [-0.2, 0) is 12.8 Å². The highest BCUT2D eigenvalue weighted by atomic mass is 15.2. The lowest BCUT2D eigenvalue weighted by molar-refractivity contribution is 0.953. The van der Waals surface area contributed by atoms with Crippen LogP contribution in [0.5, 0.6) is 0 Å². The van der Waals surface area contributed by atoms with Crippen molar-refractivity contribution in [3.05, 3.63) is 193 Å². The van der Waals surface area contributed by atoms with Gasteiger partial charge in [-0.1, -0.05) is 152 Å². The van der Waals surface area contributed by atoms with E-state index in [1.807, 2.05) is 60.7 Å². The molecule has 0 amide bonds. The molecule has 4 nitrogen and oxygen atoms in total. The summed E-state index contributed by atoms with van der Waals surface area (Å²) in [6, 6.07) is 62.0. The molecule has 248 valence electrons. The normalized spacial score (nSPS) is 11.3. The number of fused-ring (bicyclic) bond motifs is 3. The van der Waals surface area contributed by atoms with Crippen LogP contribution in [0.3, 0.4) is 0 Å². The zero-order valence-corrected chi connectivity index (χ0v) is 28.9. The third-order valence-electron chi connectivity index (χ3n) is 9.96. The first kappa shape index (κ1) is 31.3. The largest absolute Gasteiger partial charge is 0.278 e. The Kier molecular flexibility index (Phi) is 8.18. The summed E-state index contributed by atoms with van der Waals surface area (Å²) in [5.41, 5.74) is 12.9. The zero-order valence-electron chi connectivity index (χ0n) is 28.9. The lowest BCUT2D eigenvalue weighted by Gasteiger charge is -2.14. The SMILES string of the molecule is Cc1ccc(-c2ccc3c(c2)c2ccccc2n3-c2nc(-c3ccccc3)nc(-c3ccccc3)n2)cc1-c1ccccc1CCc1ccccc1. The Balaban J connectivity index is 1.16. The van der Waals surface area contributed by atoms with Crippen LogP contribution < -0.4 is 0 Å². The molecule has 52 heavy (non-hydrogen) atoms. The van der Waals surface area contributed by atoms with E-state index in [0.29, 0.717) is 17.6 Å². The van der Waals surface area contributed by atoms with Gasteiger partial charge in [0.25, 0.3) is 0 Å². The second-order valence-corrected chi connectivity index (χ2v) is 13.3. The van der Waals surface area contributed by atoms with Gasteiger partial charge < -0.3 is 0 Å². The minimum absolute atomic E-state index is 0.594. The van der Waals surface area contributed by atoms with Crippen LogP contribution in [0, 0.1) is 6.92 Å². The predicted molar refractivity (Wildman–Crippen MR) is 214 cm³/mol. The molecule has 0 N–H and O–H groups in total. The quantitative estimate of drug-likeness (QED) is 0.162. The fourth-order valence-electron chi connectivity index (χ4n) is 7.28. The molecule has 0 saturated heterocycles. The number of aryl methyl sites for hydroxylation is 3. The average molecular weight is 669 g/mol. The van der Waals surface area contributed by atoms with Crippen molar-refractivity contribution in [3.8, 4) is 51.0 Å². The lowest BCUT2D eigenvalue weighted by Crippen LogP contribution is -2.06. The van der Waals surface area contributed by atoms with Gasteiger partial charge in [0.1, 0.15) is 0 Å². The molecule has 0 bridgehead atoms. The third-order valence-corrected chi connectivity index (χ3v) is 9.96. The smallest absolute Gasteiger partial charge is 0.238 e. The van der Waals surface area contributed by atoms with Gasteiger partial charge in [-0.2, -0.15) is 9.97 Å². The Bertz CT molecular complexity index is 2620. The van der Waals surface area contributed by atoms with Gasteiger partial charge in [-0.05, 0) is 83.0 Å². The van der Waals surface area contributed by atoms with Crippen LogP contribution >= 0.6 is 0 Å². The van der Waals surface area contributed by atoms with Gasteiger partial charge in [0.2, 0.25) is 5.95 Å². The van der Waals surface area contributed by atoms with E-state index in [1.165, 1.54) is 38.9 Å². The summed E-state index contributed by atoms with van der Waals surface area (Å²) in [5.74, 6) is 1.88. The molecule has 0 aliphatic rings. The molecule has 0 fully saturated rings. The van der Waals surface area contributed by atoms with E-state index in [0.717, 1.165) is 45.8 Å². The number of rotatable bonds is 8. The molecule has 2 aromatic heterocycles. The topological polar surface area (TPSA) is 43.6 Å². The van der Waals surface area contributed by atoms with Crippen LogP contribution in [0.4, 0.5) is 0 Å². The molecular formula is C48H36N4. The van der Waals surface area contributed by atoms with Crippen LogP contribution in [0.25, 0.3) is 72.8 Å². The highest BCUT2D eigenvalue weighted by Gasteiger charge is 2.19. The molecule has 9 aromatic rings. The van der Waals surface area contributed by atoms with Crippen LogP contribution in [-0.4, -0.2) is 19.5 Å². The summed E-state index contributed by atoms with van der Waals surface area (Å²) in [4.78, 5) is 15.1. The minimum atomic E-state index is 0.594. The van der Waals surface area contributed by atoms with Crippen molar-refractivity contribution in [3.63, 3.8) is 0 Å². The molecule has 0 atom stereocenters. The van der Waals surface area contributed by atoms with Gasteiger partial charge >= 0.3 is 0 Å². The molecule has 0 radical (unpaired) electrons. The van der Waals surface area contributed by atoms with Crippen molar-refractivity contribution >= 4 is 21.8 Å². The van der Waals surface area contributed by atoms with Crippen LogP contribution in [0.2, 0.25) is 0 Å². The van der Waals surface area contributed by atoms with Crippen LogP contribution in [0.15, 0.2) is 176 Å². The second kappa shape index (κ2) is 13.6. The summed E-state index contributed by atoms with van der Waals surface area (Å²) in [7, 11) is 0. The van der Waals surface area contributed by atoms with E-state index < -0.39 is 0 Å². The van der Waals surface area contributed by atoms with Crippen LogP contribution in [0.1, 0.15) is 16.7 Å². The first-order valence-corrected chi connectivity index (χ1v) is 17.8. The summed E-state index contributed by atoms with van der Waals surface area (Å²) in [6.07, 6.45) is 2.00. The maximum atomic E-state index is 5.09. The number of para-hydroxylation sites is 1. The Morgan fingerprint density at radius 1 is 0.423 bits per heavy atom. The van der Waals surface area contributed by atoms with E-state index in [2.05, 4.69) is 127 Å². The van der Waals surface area contributed by atoms with Crippen molar-refractivity contribution in [1.29, 1.82) is 0 Å². The summed E-state index contributed by atoms with van der Waals surface area (Å²) in [6.45, 7) is 2.21. The number of hydrogen-bond acceptors (Lipinski definition) is 3. The van der Waals surface area contributed by atoms with E-state index in [-0.39, 0.29) is 0 Å². The van der Waals surface area contributed by atoms with Crippen molar-refractivity contribution < 1.29 is 0 Å². The molecule has 0 saturated carbocycles. The minimum Gasteiger partial charge on any atom is -0.278 e. The molecule has 0 aliphatic carbocycles. The number of nitrogens with zero attached hydrogens (tertiary/aromatic N) is 4. The summed E-state index contributed by atoms with van der Waals surface area (Å²) >= 11 is 0. The van der Waals surface area contributed by atoms with Crippen molar-refractivity contribution in [2.75, 3.05) is 0 Å². The van der Waals surface area contributed by atoms with E-state index in [4.69, 9.17) is 15.0 Å². The molecule has 0 spiro atoms. The first-order valence-electron chi connectivity index (χ1n) is 17.8. The Morgan fingerprint density at radius 3 is 1.73 bits per heavy atom. The molecule has 7 aromatic carbocycles. The van der Waals surface area contributed by atoms with Gasteiger partial charge in [0.15, 0.2) is 11.6 Å². The number of aromatic nitrogens is 4. The van der Waals surface area contributed by atoms with Gasteiger partial charge in [-0.15, -0.1) is 0 Å². The number of benzene rings is 7. The standard InChI is InChI=1S/C48H36N4/c1-33-25-27-38(31-42(33)40-22-12-11-17-35(40)28-26-34-15-5-2-6-16-34)39-29-30-45-43(32-39)41-23-13-14-24-44(41)52(45)48-50-46(36-18-7-3-8-19-36)49-47(51-48)37-20-9-4-10-21-37/h2-25,27,29-32H,26,28H2,1H3. The van der Waals surface area contributed by atoms with E-state index >= 15 is 0 Å². The van der Waals surface area contributed by atoms with Gasteiger partial charge in [-0.3, -0.25) is 4.57 Å². The van der Waals surface area contributed by atoms with E-state index in [9.17, 15) is 0 Å². The highest BCUT2D eigenvalue weighted by Crippen LogP contribution is 2.37. The summed E-state index contributed by atoms with van der Waals surface area (Å²) < 4.78 is 2.18. The van der Waals surface area contributed by atoms with Gasteiger partial charge in [0, 0.05) is 21.9 Å². The Labute approximate surface area is 303 Å². The maximum absolute atomic E-state index is 5.09. The second-order valence-electron chi connectivity index (χ2n) is 13.3. The van der Waals surface area contributed by atoms with Crippen molar-refractivity contribution in [1.82, 2.24) is 19.5 Å². The molecule has 0 unspecified atom stereocenters. The fraction of sp³-hybridized carbons (Fsp3) is 0.0625.